The summed E-state index contributed by atoms with van der Waals surface area (Å²) in [5, 5.41) is 4.14. The second kappa shape index (κ2) is 9.52. The van der Waals surface area contributed by atoms with Gasteiger partial charge in [-0.25, -0.2) is 14.0 Å². The number of esters is 1. The van der Waals surface area contributed by atoms with Gasteiger partial charge < -0.3 is 19.5 Å². The SMILES string of the molecule is COC(=O)c1ccc(NC(=O)N2Cc3c(sc4c3CCCC4)-n3cccc3[C@H]2c2cccc(F)c2)cc1. The van der Waals surface area contributed by atoms with Crippen LogP contribution in [0, 0.1) is 5.82 Å². The highest BCUT2D eigenvalue weighted by Gasteiger charge is 2.36. The number of nitrogens with one attached hydrogen (secondary N) is 1. The molecule has 188 valence electrons. The van der Waals surface area contributed by atoms with Crippen molar-refractivity contribution in [2.45, 2.75) is 38.3 Å². The van der Waals surface area contributed by atoms with E-state index >= 15 is 0 Å². The molecular weight excluding hydrogens is 489 g/mol. The summed E-state index contributed by atoms with van der Waals surface area (Å²) in [7, 11) is 1.33. The summed E-state index contributed by atoms with van der Waals surface area (Å²) in [6, 6.07) is 16.3. The van der Waals surface area contributed by atoms with Crippen LogP contribution in [-0.2, 0) is 24.1 Å². The van der Waals surface area contributed by atoms with Gasteiger partial charge in [0.05, 0.1) is 31.0 Å². The van der Waals surface area contributed by atoms with Gasteiger partial charge in [-0.3, -0.25) is 0 Å². The van der Waals surface area contributed by atoms with Crippen LogP contribution in [-0.4, -0.2) is 28.6 Å². The number of methoxy groups -OCH3 is 1. The fourth-order valence-corrected chi connectivity index (χ4v) is 6.82. The number of fused-ring (bicyclic) bond motifs is 5. The average molecular weight is 516 g/mol. The molecule has 1 atom stereocenters. The molecule has 1 N–H and O–H groups in total. The number of ether oxygens (including phenoxy) is 1. The molecule has 4 aromatic rings. The van der Waals surface area contributed by atoms with Crippen molar-refractivity contribution in [1.82, 2.24) is 9.47 Å². The number of halogens is 1. The number of hydrogen-bond donors (Lipinski definition) is 1. The molecule has 0 saturated carbocycles. The van der Waals surface area contributed by atoms with Gasteiger partial charge in [-0.05, 0) is 85.3 Å². The number of benzene rings is 2. The summed E-state index contributed by atoms with van der Waals surface area (Å²) in [5.41, 5.74) is 5.11. The minimum atomic E-state index is -0.487. The summed E-state index contributed by atoms with van der Waals surface area (Å²) in [6.45, 7) is 0.413. The molecule has 0 spiro atoms. The Bertz CT molecular complexity index is 1490. The molecule has 37 heavy (non-hydrogen) atoms. The molecule has 2 aliphatic rings. The van der Waals surface area contributed by atoms with E-state index in [4.69, 9.17) is 4.74 Å². The predicted octanol–water partition coefficient (Wildman–Crippen LogP) is 6.48. The normalized spacial score (nSPS) is 16.3. The summed E-state index contributed by atoms with van der Waals surface area (Å²) in [4.78, 5) is 28.9. The maximum Gasteiger partial charge on any atom is 0.337 e. The first-order valence-electron chi connectivity index (χ1n) is 12.4. The quantitative estimate of drug-likeness (QED) is 0.318. The largest absolute Gasteiger partial charge is 0.465 e. The van der Waals surface area contributed by atoms with E-state index in [0.717, 1.165) is 30.0 Å². The number of amides is 2. The first-order valence-corrected chi connectivity index (χ1v) is 13.2. The lowest BCUT2D eigenvalue weighted by Crippen LogP contribution is -2.38. The van der Waals surface area contributed by atoms with E-state index in [1.165, 1.54) is 41.7 Å². The molecule has 0 fully saturated rings. The number of hydrogen-bond acceptors (Lipinski definition) is 4. The first-order chi connectivity index (χ1) is 18.0. The molecule has 6 nitrogen and oxygen atoms in total. The predicted molar refractivity (Wildman–Crippen MR) is 141 cm³/mol. The summed E-state index contributed by atoms with van der Waals surface area (Å²) in [5.74, 6) is -0.780. The maximum atomic E-state index is 14.4. The van der Waals surface area contributed by atoms with Gasteiger partial charge in [0.2, 0.25) is 0 Å². The van der Waals surface area contributed by atoms with E-state index in [9.17, 15) is 14.0 Å². The fraction of sp³-hybridized carbons (Fsp3) is 0.241. The molecule has 0 unspecified atom stereocenters. The Morgan fingerprint density at radius 2 is 1.84 bits per heavy atom. The Morgan fingerprint density at radius 3 is 2.62 bits per heavy atom. The molecule has 0 bridgehead atoms. The van der Waals surface area contributed by atoms with Crippen LogP contribution in [0.3, 0.4) is 0 Å². The van der Waals surface area contributed by atoms with Gasteiger partial charge in [-0.1, -0.05) is 12.1 Å². The molecular formula is C29H26FN3O3S. The Labute approximate surface area is 218 Å². The van der Waals surface area contributed by atoms with Crippen LogP contribution in [0.4, 0.5) is 14.9 Å². The topological polar surface area (TPSA) is 63.6 Å². The number of urea groups is 1. The van der Waals surface area contributed by atoms with E-state index in [2.05, 4.69) is 9.88 Å². The number of anilines is 1. The smallest absolute Gasteiger partial charge is 0.337 e. The number of rotatable bonds is 3. The summed E-state index contributed by atoms with van der Waals surface area (Å²) < 4.78 is 21.3. The third-order valence-electron chi connectivity index (χ3n) is 7.16. The Kier molecular flexibility index (Phi) is 6.04. The van der Waals surface area contributed by atoms with Crippen molar-refractivity contribution in [3.63, 3.8) is 0 Å². The molecule has 2 amide bonds. The van der Waals surface area contributed by atoms with Crippen molar-refractivity contribution >= 4 is 29.0 Å². The van der Waals surface area contributed by atoms with Gasteiger partial charge in [-0.2, -0.15) is 0 Å². The second-order valence-electron chi connectivity index (χ2n) is 9.38. The van der Waals surface area contributed by atoms with E-state index in [0.29, 0.717) is 23.4 Å². The van der Waals surface area contributed by atoms with E-state index in [1.54, 1.807) is 35.2 Å². The molecule has 1 aliphatic heterocycles. The number of aromatic nitrogens is 1. The lowest BCUT2D eigenvalue weighted by Gasteiger charge is -2.31. The highest BCUT2D eigenvalue weighted by atomic mass is 32.1. The Morgan fingerprint density at radius 1 is 1.03 bits per heavy atom. The number of carbonyl (C=O) groups excluding carboxylic acids is 2. The number of aryl methyl sites for hydroxylation is 1. The van der Waals surface area contributed by atoms with Gasteiger partial charge in [0, 0.05) is 22.3 Å². The third-order valence-corrected chi connectivity index (χ3v) is 8.49. The van der Waals surface area contributed by atoms with Gasteiger partial charge in [0.25, 0.3) is 0 Å². The zero-order valence-corrected chi connectivity index (χ0v) is 21.2. The van der Waals surface area contributed by atoms with Crippen LogP contribution < -0.4 is 5.32 Å². The van der Waals surface area contributed by atoms with E-state index < -0.39 is 12.0 Å². The van der Waals surface area contributed by atoms with Gasteiger partial charge in [0.1, 0.15) is 10.8 Å². The van der Waals surface area contributed by atoms with E-state index in [1.807, 2.05) is 35.7 Å². The zero-order valence-electron chi connectivity index (χ0n) is 20.4. The molecule has 3 heterocycles. The minimum Gasteiger partial charge on any atom is -0.465 e. The molecule has 6 rings (SSSR count). The summed E-state index contributed by atoms with van der Waals surface area (Å²) in [6.07, 6.45) is 6.43. The van der Waals surface area contributed by atoms with Gasteiger partial charge >= 0.3 is 12.0 Å². The van der Waals surface area contributed by atoms with Crippen molar-refractivity contribution < 1.29 is 18.7 Å². The minimum absolute atomic E-state index is 0.295. The third kappa shape index (κ3) is 4.21. The van der Waals surface area contributed by atoms with Gasteiger partial charge in [0.15, 0.2) is 0 Å². The molecule has 0 saturated heterocycles. The lowest BCUT2D eigenvalue weighted by molar-refractivity contribution is 0.0600. The second-order valence-corrected chi connectivity index (χ2v) is 10.5. The van der Waals surface area contributed by atoms with Crippen molar-refractivity contribution in [2.24, 2.45) is 0 Å². The zero-order chi connectivity index (χ0) is 25.5. The lowest BCUT2D eigenvalue weighted by atomic mass is 9.95. The van der Waals surface area contributed by atoms with Crippen molar-refractivity contribution in [3.05, 3.63) is 106 Å². The standard InChI is InChI=1S/C29H26FN3O3S/c1-36-28(34)18-11-13-21(14-12-18)31-29(35)33-17-23-22-8-2-3-10-25(22)37-27(23)32-15-5-9-24(32)26(33)19-6-4-7-20(30)16-19/h4-7,9,11-16,26H,2-3,8,10,17H2,1H3,(H,31,35)/t26-/m1/s1. The van der Waals surface area contributed by atoms with Crippen LogP contribution in [0.1, 0.15) is 56.5 Å². The monoisotopic (exact) mass is 515 g/mol. The first kappa shape index (κ1) is 23.5. The van der Waals surface area contributed by atoms with Crippen LogP contribution in [0.15, 0.2) is 66.9 Å². The molecule has 0 radical (unpaired) electrons. The molecule has 8 heteroatoms. The van der Waals surface area contributed by atoms with Crippen molar-refractivity contribution in [3.8, 4) is 5.00 Å². The van der Waals surface area contributed by atoms with Gasteiger partial charge in [-0.15, -0.1) is 11.3 Å². The molecule has 2 aromatic heterocycles. The van der Waals surface area contributed by atoms with Crippen LogP contribution >= 0.6 is 11.3 Å². The molecule has 1 aliphatic carbocycles. The Balaban J connectivity index is 1.44. The van der Waals surface area contributed by atoms with Crippen molar-refractivity contribution in [1.29, 1.82) is 0 Å². The van der Waals surface area contributed by atoms with Crippen LogP contribution in [0.5, 0.6) is 0 Å². The number of nitrogens with zero attached hydrogens (tertiary/aromatic N) is 2. The highest BCUT2D eigenvalue weighted by Crippen LogP contribution is 2.44. The molecule has 2 aromatic carbocycles. The number of carbonyl (C=O) groups is 2. The number of thiophene rings is 1. The van der Waals surface area contributed by atoms with Crippen LogP contribution in [0.2, 0.25) is 0 Å². The average Bonchev–Trinajstić information content (AvgIpc) is 3.50. The summed E-state index contributed by atoms with van der Waals surface area (Å²) >= 11 is 1.81. The Hall–Kier alpha value is -3.91. The maximum absolute atomic E-state index is 14.4. The van der Waals surface area contributed by atoms with Crippen molar-refractivity contribution in [2.75, 3.05) is 12.4 Å². The van der Waals surface area contributed by atoms with E-state index in [-0.39, 0.29) is 11.8 Å². The highest BCUT2D eigenvalue weighted by molar-refractivity contribution is 7.15. The fourth-order valence-electron chi connectivity index (χ4n) is 5.42. The van der Waals surface area contributed by atoms with Crippen LogP contribution in [0.25, 0.3) is 5.00 Å².